The van der Waals surface area contributed by atoms with Crippen LogP contribution in [0.1, 0.15) is 0 Å². The van der Waals surface area contributed by atoms with Crippen LogP contribution in [0.2, 0.25) is 0 Å². The van der Waals surface area contributed by atoms with Gasteiger partial charge in [0.1, 0.15) is 0 Å². The number of nitrogens with one attached hydrogen (secondary N) is 1. The first-order chi connectivity index (χ1) is 5.63. The Hall–Kier alpha value is -0.941. The summed E-state index contributed by atoms with van der Waals surface area (Å²) in [6.07, 6.45) is 2.39. The first-order valence-electron chi connectivity index (χ1n) is 2.85. The van der Waals surface area contributed by atoms with Crippen LogP contribution in [0, 0.1) is 5.41 Å². The van der Waals surface area contributed by atoms with Crippen molar-refractivity contribution in [3.8, 4) is 0 Å². The molecule has 0 aliphatic heterocycles. The van der Waals surface area contributed by atoms with Crippen LogP contribution in [0.4, 0.5) is 14.8 Å². The van der Waals surface area contributed by atoms with E-state index in [1.807, 2.05) is 0 Å². The fraction of sp³-hybridized carbons (Fsp3) is 0.200. The summed E-state index contributed by atoms with van der Waals surface area (Å²) in [5.74, 6) is 0. The molecule has 0 atom stereocenters. The molecule has 0 amide bonds. The number of halogens is 2. The molecule has 1 radical (unpaired) electrons. The van der Waals surface area contributed by atoms with Crippen molar-refractivity contribution in [3.63, 3.8) is 0 Å². The maximum absolute atomic E-state index is 12.2. The molecule has 0 saturated heterocycles. The normalized spacial score (nSPS) is 10.2. The number of amidine groups is 1. The van der Waals surface area contributed by atoms with Crippen molar-refractivity contribution in [2.75, 3.05) is 4.90 Å². The third-order valence-corrected chi connectivity index (χ3v) is 1.45. The van der Waals surface area contributed by atoms with Crippen molar-refractivity contribution in [2.45, 2.75) is 6.55 Å². The van der Waals surface area contributed by atoms with Gasteiger partial charge in [0.25, 0.3) is 0 Å². The van der Waals surface area contributed by atoms with E-state index in [1.54, 1.807) is 0 Å². The molecule has 1 aromatic rings. The van der Waals surface area contributed by atoms with Gasteiger partial charge < -0.3 is 0 Å². The number of hydrogen-bond donors (Lipinski definition) is 1. The Bertz CT molecular complexity index is 264. The van der Waals surface area contributed by atoms with Crippen molar-refractivity contribution >= 4 is 26.8 Å². The second-order valence-corrected chi connectivity index (χ2v) is 2.58. The molecule has 0 saturated carbocycles. The minimum absolute atomic E-state index is 0.297. The van der Waals surface area contributed by atoms with Gasteiger partial charge in [-0.15, -0.1) is 0 Å². The molecule has 7 heteroatoms. The van der Waals surface area contributed by atoms with E-state index in [0.29, 0.717) is 4.90 Å². The van der Waals surface area contributed by atoms with Gasteiger partial charge in [0.05, 0.1) is 0 Å². The first-order valence-corrected chi connectivity index (χ1v) is 3.71. The summed E-state index contributed by atoms with van der Waals surface area (Å²) >= 11 is 2.14. The van der Waals surface area contributed by atoms with Gasteiger partial charge in [-0.25, -0.2) is 0 Å². The zero-order valence-electron chi connectivity index (χ0n) is 5.70. The molecule has 4 nitrogen and oxygen atoms in total. The summed E-state index contributed by atoms with van der Waals surface area (Å²) in [6.45, 7) is -2.84. The third-order valence-electron chi connectivity index (χ3n) is 1.04. The average molecular weight is 239 g/mol. The van der Waals surface area contributed by atoms with Gasteiger partial charge in [0, 0.05) is 0 Å². The molecule has 0 aliphatic rings. The third kappa shape index (κ3) is 1.80. The Balaban J connectivity index is 2.88. The standard InChI is InChI=1S/C5H4F2N3OSe/c6-3(7)10(4(8)12)5-9-1-2-11-5/h1-3,8H. The second kappa shape index (κ2) is 3.64. The Morgan fingerprint density at radius 2 is 2.42 bits per heavy atom. The van der Waals surface area contributed by atoms with E-state index in [0.717, 1.165) is 6.26 Å². The van der Waals surface area contributed by atoms with Crippen LogP contribution >= 0.6 is 0 Å². The molecule has 0 spiro atoms. The molecule has 0 aliphatic carbocycles. The predicted molar refractivity (Wildman–Crippen MR) is 38.5 cm³/mol. The van der Waals surface area contributed by atoms with Crippen LogP contribution in [0.5, 0.6) is 0 Å². The van der Waals surface area contributed by atoms with Crippen LogP contribution in [-0.2, 0) is 0 Å². The minimum atomic E-state index is -2.84. The average Bonchev–Trinajstić information content (AvgIpc) is 2.37. The Kier molecular flexibility index (Phi) is 2.78. The SMILES string of the molecule is N=C([Se])N(c1ncco1)C(F)F. The van der Waals surface area contributed by atoms with Crippen molar-refractivity contribution in [1.29, 1.82) is 5.41 Å². The topological polar surface area (TPSA) is 53.1 Å². The van der Waals surface area contributed by atoms with Crippen LogP contribution in [0.25, 0.3) is 0 Å². The fourth-order valence-corrected chi connectivity index (χ4v) is 0.925. The van der Waals surface area contributed by atoms with Crippen LogP contribution < -0.4 is 4.90 Å². The fourth-order valence-electron chi connectivity index (χ4n) is 0.594. The monoisotopic (exact) mass is 240 g/mol. The summed E-state index contributed by atoms with van der Waals surface area (Å²) < 4.78 is 28.5. The zero-order valence-corrected chi connectivity index (χ0v) is 7.41. The molecule has 0 fully saturated rings. The number of anilines is 1. The molecule has 65 valence electrons. The molecule has 1 heterocycles. The molecule has 1 N–H and O–H groups in total. The summed E-state index contributed by atoms with van der Waals surface area (Å²) in [6, 6.07) is -0.297. The van der Waals surface area contributed by atoms with Gasteiger partial charge in [0.15, 0.2) is 0 Å². The Morgan fingerprint density at radius 1 is 1.75 bits per heavy atom. The van der Waals surface area contributed by atoms with E-state index in [2.05, 4.69) is 25.4 Å². The van der Waals surface area contributed by atoms with Gasteiger partial charge in [0.2, 0.25) is 0 Å². The van der Waals surface area contributed by atoms with E-state index >= 15 is 0 Å². The van der Waals surface area contributed by atoms with Gasteiger partial charge in [-0.2, -0.15) is 0 Å². The van der Waals surface area contributed by atoms with Crippen molar-refractivity contribution in [3.05, 3.63) is 12.5 Å². The van der Waals surface area contributed by atoms with Gasteiger partial charge in [-0.3, -0.25) is 0 Å². The zero-order chi connectivity index (χ0) is 9.14. The van der Waals surface area contributed by atoms with Crippen molar-refractivity contribution in [1.82, 2.24) is 4.98 Å². The number of nitrogens with zero attached hydrogens (tertiary/aromatic N) is 2. The number of rotatable bonds is 2. The van der Waals surface area contributed by atoms with Gasteiger partial charge >= 0.3 is 74.3 Å². The number of oxazole rings is 1. The predicted octanol–water partition coefficient (Wildman–Crippen LogP) is 0.807. The van der Waals surface area contributed by atoms with E-state index in [4.69, 9.17) is 5.41 Å². The molecular weight excluding hydrogens is 235 g/mol. The van der Waals surface area contributed by atoms with Crippen molar-refractivity contribution in [2.24, 2.45) is 0 Å². The summed E-state index contributed by atoms with van der Waals surface area (Å²) in [4.78, 5) is 3.81. The molecule has 1 rings (SSSR count). The molecule has 1 aromatic heterocycles. The molecule has 0 aromatic carbocycles. The summed E-state index contributed by atoms with van der Waals surface area (Å²) in [5, 5.41) is 6.95. The molecule has 0 bridgehead atoms. The number of aromatic nitrogens is 1. The van der Waals surface area contributed by atoms with E-state index in [1.165, 1.54) is 6.20 Å². The number of hydrogen-bond acceptors (Lipinski definition) is 3. The molecule has 12 heavy (non-hydrogen) atoms. The number of alkyl halides is 2. The van der Waals surface area contributed by atoms with Crippen LogP contribution in [0.15, 0.2) is 16.9 Å². The summed E-state index contributed by atoms with van der Waals surface area (Å²) in [5.41, 5.74) is 0. The van der Waals surface area contributed by atoms with Crippen LogP contribution in [-0.4, -0.2) is 32.3 Å². The quantitative estimate of drug-likeness (QED) is 0.359. The second-order valence-electron chi connectivity index (χ2n) is 1.77. The van der Waals surface area contributed by atoms with Gasteiger partial charge in [-0.1, -0.05) is 0 Å². The molecule has 0 unspecified atom stereocenters. The van der Waals surface area contributed by atoms with E-state index < -0.39 is 11.3 Å². The van der Waals surface area contributed by atoms with E-state index in [-0.39, 0.29) is 6.01 Å². The van der Waals surface area contributed by atoms with Crippen LogP contribution in [0.3, 0.4) is 0 Å². The Morgan fingerprint density at radius 3 is 2.75 bits per heavy atom. The van der Waals surface area contributed by atoms with Crippen molar-refractivity contribution < 1.29 is 13.2 Å². The maximum atomic E-state index is 12.2. The molecular formula is C5H4F2N3OSe. The summed E-state index contributed by atoms with van der Waals surface area (Å²) in [7, 11) is 0. The van der Waals surface area contributed by atoms with E-state index in [9.17, 15) is 8.78 Å². The Labute approximate surface area is 74.9 Å². The van der Waals surface area contributed by atoms with Gasteiger partial charge in [-0.05, 0) is 0 Å². The first kappa shape index (κ1) is 9.15.